The Bertz CT molecular complexity index is 668. The molecule has 0 N–H and O–H groups in total. The fraction of sp³-hybridized carbons (Fsp3) is 0.350. The van der Waals surface area contributed by atoms with Crippen LogP contribution in [0.25, 0.3) is 0 Å². The molecule has 2 aromatic rings. The highest BCUT2D eigenvalue weighted by atomic mass is 16.5. The van der Waals surface area contributed by atoms with E-state index in [1.807, 2.05) is 48.2 Å². The molecule has 3 heteroatoms. The van der Waals surface area contributed by atoms with Gasteiger partial charge in [0.25, 0.3) is 5.91 Å². The molecule has 0 saturated carbocycles. The van der Waals surface area contributed by atoms with Crippen molar-refractivity contribution in [1.29, 1.82) is 0 Å². The number of benzene rings is 2. The van der Waals surface area contributed by atoms with Crippen molar-refractivity contribution >= 4 is 11.6 Å². The molecule has 0 aliphatic carbocycles. The summed E-state index contributed by atoms with van der Waals surface area (Å²) in [6.07, 6.45) is 1.32. The summed E-state index contributed by atoms with van der Waals surface area (Å²) in [5, 5.41) is 0. The van der Waals surface area contributed by atoms with E-state index < -0.39 is 6.10 Å². The van der Waals surface area contributed by atoms with Gasteiger partial charge in [0, 0.05) is 11.7 Å². The fourth-order valence-corrected chi connectivity index (χ4v) is 3.17. The first-order valence-electron chi connectivity index (χ1n) is 8.23. The molecule has 120 valence electrons. The predicted octanol–water partition coefficient (Wildman–Crippen LogP) is 3.61. The van der Waals surface area contributed by atoms with Crippen LogP contribution in [0, 0.1) is 0 Å². The molecular formula is C20H23NO2. The Morgan fingerprint density at radius 2 is 1.87 bits per heavy atom. The van der Waals surface area contributed by atoms with E-state index >= 15 is 0 Å². The Labute approximate surface area is 137 Å². The number of hydrogen-bond donors (Lipinski definition) is 0. The highest BCUT2D eigenvalue weighted by Crippen LogP contribution is 2.32. The van der Waals surface area contributed by atoms with Crippen molar-refractivity contribution in [2.45, 2.75) is 38.8 Å². The average Bonchev–Trinajstić information content (AvgIpc) is 2.90. The summed E-state index contributed by atoms with van der Waals surface area (Å²) in [6, 6.07) is 18.5. The van der Waals surface area contributed by atoms with Crippen LogP contribution in [0.1, 0.15) is 25.0 Å². The highest BCUT2D eigenvalue weighted by molar-refractivity contribution is 5.98. The summed E-state index contributed by atoms with van der Waals surface area (Å²) in [6.45, 7) is 4.50. The molecular weight excluding hydrogens is 286 g/mol. The summed E-state index contributed by atoms with van der Waals surface area (Å²) in [7, 11) is 0. The normalized spacial score (nSPS) is 17.8. The van der Waals surface area contributed by atoms with Gasteiger partial charge >= 0.3 is 0 Å². The van der Waals surface area contributed by atoms with E-state index in [1.54, 1.807) is 0 Å². The SMILES string of the molecule is C[C@H](OCCc1ccccc1)C(=O)N1c2ccccc2C[C@@H]1C. The smallest absolute Gasteiger partial charge is 0.256 e. The minimum Gasteiger partial charge on any atom is -0.368 e. The van der Waals surface area contributed by atoms with Crippen LogP contribution in [0.5, 0.6) is 0 Å². The van der Waals surface area contributed by atoms with Gasteiger partial charge in [-0.2, -0.15) is 0 Å². The average molecular weight is 309 g/mol. The largest absolute Gasteiger partial charge is 0.368 e. The van der Waals surface area contributed by atoms with E-state index in [0.29, 0.717) is 6.61 Å². The van der Waals surface area contributed by atoms with Gasteiger partial charge in [0.05, 0.1) is 6.61 Å². The number of carbonyl (C=O) groups is 1. The lowest BCUT2D eigenvalue weighted by molar-refractivity contribution is -0.129. The van der Waals surface area contributed by atoms with Crippen molar-refractivity contribution in [3.63, 3.8) is 0 Å². The van der Waals surface area contributed by atoms with Gasteiger partial charge in [-0.1, -0.05) is 48.5 Å². The van der Waals surface area contributed by atoms with Crippen LogP contribution in [0.4, 0.5) is 5.69 Å². The summed E-state index contributed by atoms with van der Waals surface area (Å²) in [5.41, 5.74) is 3.50. The first-order valence-corrected chi connectivity index (χ1v) is 8.23. The highest BCUT2D eigenvalue weighted by Gasteiger charge is 2.33. The molecule has 0 fully saturated rings. The Morgan fingerprint density at radius 1 is 1.17 bits per heavy atom. The molecule has 0 unspecified atom stereocenters. The molecule has 23 heavy (non-hydrogen) atoms. The number of carbonyl (C=O) groups excluding carboxylic acids is 1. The van der Waals surface area contributed by atoms with Crippen molar-refractivity contribution < 1.29 is 9.53 Å². The van der Waals surface area contributed by atoms with Crippen LogP contribution in [-0.2, 0) is 22.4 Å². The minimum absolute atomic E-state index is 0.0514. The van der Waals surface area contributed by atoms with Crippen LogP contribution in [0.2, 0.25) is 0 Å². The van der Waals surface area contributed by atoms with Crippen molar-refractivity contribution in [2.24, 2.45) is 0 Å². The lowest BCUT2D eigenvalue weighted by atomic mass is 10.1. The molecule has 0 saturated heterocycles. The third-order valence-corrected chi connectivity index (χ3v) is 4.39. The van der Waals surface area contributed by atoms with Crippen molar-refractivity contribution in [3.05, 3.63) is 65.7 Å². The van der Waals surface area contributed by atoms with Crippen LogP contribution < -0.4 is 4.90 Å². The van der Waals surface area contributed by atoms with Crippen LogP contribution in [0.3, 0.4) is 0 Å². The molecule has 0 radical (unpaired) electrons. The number of ether oxygens (including phenoxy) is 1. The topological polar surface area (TPSA) is 29.5 Å². The molecule has 2 atom stereocenters. The number of fused-ring (bicyclic) bond motifs is 1. The maximum Gasteiger partial charge on any atom is 0.256 e. The molecule has 1 aliphatic rings. The predicted molar refractivity (Wildman–Crippen MR) is 92.7 cm³/mol. The number of hydrogen-bond acceptors (Lipinski definition) is 2. The monoisotopic (exact) mass is 309 g/mol. The fourth-order valence-electron chi connectivity index (χ4n) is 3.17. The Kier molecular flexibility index (Phi) is 4.77. The second kappa shape index (κ2) is 6.97. The Balaban J connectivity index is 1.59. The second-order valence-corrected chi connectivity index (χ2v) is 6.14. The number of para-hydroxylation sites is 1. The minimum atomic E-state index is -0.424. The van der Waals surface area contributed by atoms with Gasteiger partial charge in [0.15, 0.2) is 0 Å². The van der Waals surface area contributed by atoms with Gasteiger partial charge in [0.1, 0.15) is 6.10 Å². The number of amides is 1. The quantitative estimate of drug-likeness (QED) is 0.844. The molecule has 3 rings (SSSR count). The zero-order valence-electron chi connectivity index (χ0n) is 13.7. The molecule has 3 nitrogen and oxygen atoms in total. The van der Waals surface area contributed by atoms with Gasteiger partial charge < -0.3 is 9.64 Å². The molecule has 1 heterocycles. The van der Waals surface area contributed by atoms with E-state index in [9.17, 15) is 4.79 Å². The maximum absolute atomic E-state index is 12.8. The molecule has 0 aromatic heterocycles. The number of anilines is 1. The lowest BCUT2D eigenvalue weighted by Crippen LogP contribution is -2.42. The van der Waals surface area contributed by atoms with E-state index in [1.165, 1.54) is 11.1 Å². The number of rotatable bonds is 5. The third kappa shape index (κ3) is 3.45. The standard InChI is InChI=1S/C20H23NO2/c1-15-14-18-10-6-7-11-19(18)21(15)20(22)16(2)23-13-12-17-8-4-3-5-9-17/h3-11,15-16H,12-14H2,1-2H3/t15-,16-/m0/s1. The lowest BCUT2D eigenvalue weighted by Gasteiger charge is -2.26. The zero-order valence-corrected chi connectivity index (χ0v) is 13.7. The van der Waals surface area contributed by atoms with E-state index in [2.05, 4.69) is 25.1 Å². The van der Waals surface area contributed by atoms with E-state index in [4.69, 9.17) is 4.74 Å². The first-order chi connectivity index (χ1) is 11.2. The van der Waals surface area contributed by atoms with Crippen molar-refractivity contribution in [2.75, 3.05) is 11.5 Å². The van der Waals surface area contributed by atoms with Crippen LogP contribution in [0.15, 0.2) is 54.6 Å². The van der Waals surface area contributed by atoms with Crippen molar-refractivity contribution in [1.82, 2.24) is 0 Å². The summed E-state index contributed by atoms with van der Waals surface area (Å²) in [5.74, 6) is 0.0514. The Morgan fingerprint density at radius 3 is 2.65 bits per heavy atom. The van der Waals surface area contributed by atoms with Gasteiger partial charge in [0.2, 0.25) is 0 Å². The number of nitrogens with zero attached hydrogens (tertiary/aromatic N) is 1. The third-order valence-electron chi connectivity index (χ3n) is 4.39. The van der Waals surface area contributed by atoms with Gasteiger partial charge in [-0.25, -0.2) is 0 Å². The van der Waals surface area contributed by atoms with Gasteiger partial charge in [-0.15, -0.1) is 0 Å². The van der Waals surface area contributed by atoms with Gasteiger partial charge in [-0.05, 0) is 43.9 Å². The molecule has 1 aliphatic heterocycles. The van der Waals surface area contributed by atoms with E-state index in [0.717, 1.165) is 18.5 Å². The van der Waals surface area contributed by atoms with Crippen LogP contribution >= 0.6 is 0 Å². The molecule has 2 aromatic carbocycles. The zero-order chi connectivity index (χ0) is 16.2. The molecule has 0 spiro atoms. The molecule has 1 amide bonds. The van der Waals surface area contributed by atoms with E-state index in [-0.39, 0.29) is 11.9 Å². The second-order valence-electron chi connectivity index (χ2n) is 6.14. The van der Waals surface area contributed by atoms with Gasteiger partial charge in [-0.3, -0.25) is 4.79 Å². The van der Waals surface area contributed by atoms with Crippen molar-refractivity contribution in [3.8, 4) is 0 Å². The van der Waals surface area contributed by atoms with Crippen LogP contribution in [-0.4, -0.2) is 24.7 Å². The first kappa shape index (κ1) is 15.8. The Hall–Kier alpha value is -2.13. The summed E-state index contributed by atoms with van der Waals surface area (Å²) >= 11 is 0. The maximum atomic E-state index is 12.8. The summed E-state index contributed by atoms with van der Waals surface area (Å²) in [4.78, 5) is 14.7. The summed E-state index contributed by atoms with van der Waals surface area (Å²) < 4.78 is 5.79. The molecule has 0 bridgehead atoms.